The van der Waals surface area contributed by atoms with Crippen LogP contribution in [0.25, 0.3) is 0 Å². The van der Waals surface area contributed by atoms with Gasteiger partial charge in [-0.1, -0.05) is 129 Å². The van der Waals surface area contributed by atoms with E-state index in [1.54, 1.807) is 0 Å². The minimum Gasteiger partial charge on any atom is -0.446 e. The van der Waals surface area contributed by atoms with Gasteiger partial charge < -0.3 is 25.0 Å². The minimum atomic E-state index is -0.499. The molecule has 0 saturated heterocycles. The number of nitrogens with one attached hydrogen (secondary N) is 2. The zero-order valence-corrected chi connectivity index (χ0v) is 25.6. The highest BCUT2D eigenvalue weighted by Crippen LogP contribution is 2.11. The Kier molecular flexibility index (Phi) is 27.4. The number of unbranched alkanes of at least 4 members (excludes halogenated alkanes) is 18. The molecule has 0 radical (unpaired) electrons. The van der Waals surface area contributed by atoms with E-state index in [9.17, 15) is 9.59 Å². The molecule has 7 nitrogen and oxygen atoms in total. The number of nitrogens with zero attached hydrogens (tertiary/aromatic N) is 1. The van der Waals surface area contributed by atoms with E-state index in [0.29, 0.717) is 19.6 Å². The van der Waals surface area contributed by atoms with Crippen LogP contribution < -0.4 is 10.6 Å². The molecule has 0 heterocycles. The summed E-state index contributed by atoms with van der Waals surface area (Å²) in [4.78, 5) is 26.2. The second-order valence-corrected chi connectivity index (χ2v) is 11.1. The van der Waals surface area contributed by atoms with Gasteiger partial charge in [0.25, 0.3) is 0 Å². The van der Waals surface area contributed by atoms with E-state index in [0.717, 1.165) is 25.7 Å². The highest BCUT2D eigenvalue weighted by atomic mass is 16.6. The predicted octanol–water partition coefficient (Wildman–Crippen LogP) is 8.21. The largest absolute Gasteiger partial charge is 0.446 e. The SMILES string of the molecule is CCCCCCCCCCCCNC(=O)OCC(CN(C)C)OC(=O)NCCCCCCCCCCCC. The molecule has 38 heavy (non-hydrogen) atoms. The first-order chi connectivity index (χ1) is 18.5. The van der Waals surface area contributed by atoms with E-state index >= 15 is 0 Å². The average molecular weight is 542 g/mol. The summed E-state index contributed by atoms with van der Waals surface area (Å²) in [5.74, 6) is 0. The van der Waals surface area contributed by atoms with Crippen molar-refractivity contribution in [2.24, 2.45) is 0 Å². The molecule has 0 aliphatic heterocycles. The molecule has 0 aromatic carbocycles. The maximum atomic E-state index is 12.2. The minimum absolute atomic E-state index is 0.0493. The standard InChI is InChI=1S/C31H63N3O4/c1-5-7-9-11-13-15-17-19-21-23-25-32-30(35)37-28-29(27-34(3)4)38-31(36)33-26-24-22-20-18-16-14-12-10-8-6-2/h29H,5-28H2,1-4H3,(H,32,35)(H,33,36). The lowest BCUT2D eigenvalue weighted by atomic mass is 10.1. The number of rotatable bonds is 27. The quantitative estimate of drug-likeness (QED) is 0.102. The van der Waals surface area contributed by atoms with Crippen LogP contribution >= 0.6 is 0 Å². The Morgan fingerprint density at radius 2 is 0.947 bits per heavy atom. The van der Waals surface area contributed by atoms with Crippen LogP contribution in [0.15, 0.2) is 0 Å². The van der Waals surface area contributed by atoms with Crippen LogP contribution in [0.5, 0.6) is 0 Å². The number of likely N-dealkylation sites (N-methyl/N-ethyl adjacent to an activating group) is 1. The van der Waals surface area contributed by atoms with Crippen LogP contribution in [-0.2, 0) is 9.47 Å². The van der Waals surface area contributed by atoms with Crippen LogP contribution in [0.3, 0.4) is 0 Å². The van der Waals surface area contributed by atoms with Crippen LogP contribution in [0, 0.1) is 0 Å². The molecule has 0 aromatic heterocycles. The van der Waals surface area contributed by atoms with Crippen molar-refractivity contribution in [1.29, 1.82) is 0 Å². The fourth-order valence-corrected chi connectivity index (χ4v) is 4.55. The molecular weight excluding hydrogens is 478 g/mol. The summed E-state index contributed by atoms with van der Waals surface area (Å²) in [7, 11) is 3.81. The summed E-state index contributed by atoms with van der Waals surface area (Å²) >= 11 is 0. The number of hydrogen-bond acceptors (Lipinski definition) is 5. The van der Waals surface area contributed by atoms with Gasteiger partial charge in [0.15, 0.2) is 6.10 Å². The lowest BCUT2D eigenvalue weighted by Gasteiger charge is -2.21. The molecule has 0 fully saturated rings. The van der Waals surface area contributed by atoms with Gasteiger partial charge in [0.05, 0.1) is 0 Å². The number of alkyl carbamates (subject to hydrolysis) is 2. The molecule has 1 atom stereocenters. The Balaban J connectivity index is 3.80. The zero-order chi connectivity index (χ0) is 28.1. The maximum absolute atomic E-state index is 12.2. The van der Waals surface area contributed by atoms with E-state index in [1.165, 1.54) is 103 Å². The monoisotopic (exact) mass is 541 g/mol. The molecule has 0 rings (SSSR count). The molecule has 0 saturated carbocycles. The van der Waals surface area contributed by atoms with E-state index in [1.807, 2.05) is 19.0 Å². The van der Waals surface area contributed by atoms with Crippen LogP contribution in [0.4, 0.5) is 9.59 Å². The summed E-state index contributed by atoms with van der Waals surface area (Å²) in [6.45, 7) is 6.28. The van der Waals surface area contributed by atoms with Gasteiger partial charge in [0.2, 0.25) is 0 Å². The molecule has 0 aliphatic carbocycles. The topological polar surface area (TPSA) is 79.9 Å². The Hall–Kier alpha value is -1.50. The van der Waals surface area contributed by atoms with E-state index in [2.05, 4.69) is 24.5 Å². The Labute approximate surface area is 235 Å². The number of hydrogen-bond donors (Lipinski definition) is 2. The normalized spacial score (nSPS) is 11.9. The highest BCUT2D eigenvalue weighted by molar-refractivity contribution is 5.68. The summed E-state index contributed by atoms with van der Waals surface area (Å²) in [5, 5.41) is 5.65. The van der Waals surface area contributed by atoms with Crippen molar-refractivity contribution in [3.63, 3.8) is 0 Å². The third kappa shape index (κ3) is 27.5. The third-order valence-electron chi connectivity index (χ3n) is 6.84. The lowest BCUT2D eigenvalue weighted by molar-refractivity contribution is 0.0318. The van der Waals surface area contributed by atoms with Crippen molar-refractivity contribution in [3.8, 4) is 0 Å². The Morgan fingerprint density at radius 1 is 0.579 bits per heavy atom. The van der Waals surface area contributed by atoms with Gasteiger partial charge in [-0.15, -0.1) is 0 Å². The molecule has 2 amide bonds. The molecule has 0 spiro atoms. The van der Waals surface area contributed by atoms with Crippen LogP contribution in [0.2, 0.25) is 0 Å². The van der Waals surface area contributed by atoms with Crippen molar-refractivity contribution in [3.05, 3.63) is 0 Å². The fourth-order valence-electron chi connectivity index (χ4n) is 4.55. The van der Waals surface area contributed by atoms with Crippen molar-refractivity contribution in [2.45, 2.75) is 148 Å². The first-order valence-electron chi connectivity index (χ1n) is 16.0. The molecule has 0 bridgehead atoms. The van der Waals surface area contributed by atoms with E-state index < -0.39 is 18.3 Å². The van der Waals surface area contributed by atoms with Crippen molar-refractivity contribution >= 4 is 12.2 Å². The van der Waals surface area contributed by atoms with E-state index in [-0.39, 0.29) is 6.61 Å². The van der Waals surface area contributed by atoms with Crippen molar-refractivity contribution in [2.75, 3.05) is 40.3 Å². The van der Waals surface area contributed by atoms with Gasteiger partial charge in [0, 0.05) is 19.6 Å². The van der Waals surface area contributed by atoms with Gasteiger partial charge in [-0.2, -0.15) is 0 Å². The lowest BCUT2D eigenvalue weighted by Crippen LogP contribution is -2.39. The van der Waals surface area contributed by atoms with Gasteiger partial charge in [-0.25, -0.2) is 9.59 Å². The van der Waals surface area contributed by atoms with Gasteiger partial charge in [-0.3, -0.25) is 0 Å². The number of amides is 2. The van der Waals surface area contributed by atoms with Gasteiger partial charge >= 0.3 is 12.2 Å². The molecule has 2 N–H and O–H groups in total. The second-order valence-electron chi connectivity index (χ2n) is 11.1. The summed E-state index contributed by atoms with van der Waals surface area (Å²) < 4.78 is 10.8. The molecule has 0 aliphatic rings. The Bertz CT molecular complexity index is 531. The molecule has 1 unspecified atom stereocenters. The van der Waals surface area contributed by atoms with Crippen LogP contribution in [-0.4, -0.2) is 63.5 Å². The zero-order valence-electron chi connectivity index (χ0n) is 25.6. The van der Waals surface area contributed by atoms with E-state index in [4.69, 9.17) is 9.47 Å². The second kappa shape index (κ2) is 28.5. The maximum Gasteiger partial charge on any atom is 0.407 e. The number of carbonyl (C=O) groups excluding carboxylic acids is 2. The third-order valence-corrected chi connectivity index (χ3v) is 6.84. The smallest absolute Gasteiger partial charge is 0.407 e. The first-order valence-corrected chi connectivity index (χ1v) is 16.0. The fraction of sp³-hybridized carbons (Fsp3) is 0.935. The first kappa shape index (κ1) is 36.5. The number of carbonyl (C=O) groups is 2. The van der Waals surface area contributed by atoms with Gasteiger partial charge in [0.1, 0.15) is 6.61 Å². The molecular formula is C31H63N3O4. The highest BCUT2D eigenvalue weighted by Gasteiger charge is 2.17. The predicted molar refractivity (Wildman–Crippen MR) is 160 cm³/mol. The Morgan fingerprint density at radius 3 is 1.34 bits per heavy atom. The summed E-state index contributed by atoms with van der Waals surface area (Å²) in [6, 6.07) is 0. The summed E-state index contributed by atoms with van der Waals surface area (Å²) in [6.07, 6.45) is 23.9. The average Bonchev–Trinajstić information content (AvgIpc) is 2.88. The molecule has 7 heteroatoms. The summed E-state index contributed by atoms with van der Waals surface area (Å²) in [5.41, 5.74) is 0. The molecule has 226 valence electrons. The van der Waals surface area contributed by atoms with Crippen molar-refractivity contribution in [1.82, 2.24) is 15.5 Å². The van der Waals surface area contributed by atoms with Gasteiger partial charge in [-0.05, 0) is 26.9 Å². The number of ether oxygens (including phenoxy) is 2. The molecule has 0 aromatic rings. The van der Waals surface area contributed by atoms with Crippen molar-refractivity contribution < 1.29 is 19.1 Å². The van der Waals surface area contributed by atoms with Crippen LogP contribution in [0.1, 0.15) is 142 Å².